The van der Waals surface area contributed by atoms with Crippen molar-refractivity contribution in [1.82, 2.24) is 14.6 Å². The third-order valence-electron chi connectivity index (χ3n) is 4.80. The lowest BCUT2D eigenvalue weighted by atomic mass is 10.1. The molecular weight excluding hydrogens is 423 g/mol. The third-order valence-corrected chi connectivity index (χ3v) is 4.80. The number of fused-ring (bicyclic) bond motifs is 1. The third kappa shape index (κ3) is 3.50. The molecule has 2 aromatic carbocycles. The van der Waals surface area contributed by atoms with E-state index >= 15 is 0 Å². The number of nitrogens with zero attached hydrogens (tertiary/aromatic N) is 3. The Bertz CT molecular complexity index is 1450. The largest absolute Gasteiger partial charge is 0.435 e. The van der Waals surface area contributed by atoms with E-state index in [1.54, 1.807) is 30.3 Å². The normalized spacial score (nSPS) is 11.3. The quantitative estimate of drug-likeness (QED) is 0.503. The summed E-state index contributed by atoms with van der Waals surface area (Å²) in [5, 5.41) is 14.3. The number of alkyl halides is 3. The van der Waals surface area contributed by atoms with Crippen LogP contribution >= 0.6 is 0 Å². The number of nitrogens with one attached hydrogen (secondary N) is 2. The lowest BCUT2D eigenvalue weighted by Gasteiger charge is -2.11. The Hall–Kier alpha value is -4.39. The molecule has 0 radical (unpaired) electrons. The van der Waals surface area contributed by atoms with Crippen molar-refractivity contribution in [2.45, 2.75) is 13.1 Å². The number of aromatic nitrogens is 3. The predicted octanol–water partition coefficient (Wildman–Crippen LogP) is 4.14. The zero-order valence-corrected chi connectivity index (χ0v) is 16.5. The number of aromatic amines is 1. The molecule has 10 heteroatoms. The van der Waals surface area contributed by atoms with Gasteiger partial charge in [-0.3, -0.25) is 14.7 Å². The second-order valence-corrected chi connectivity index (χ2v) is 6.88. The van der Waals surface area contributed by atoms with Gasteiger partial charge in [0.05, 0.1) is 11.3 Å². The van der Waals surface area contributed by atoms with E-state index in [1.807, 2.05) is 6.07 Å². The van der Waals surface area contributed by atoms with E-state index in [4.69, 9.17) is 0 Å². The van der Waals surface area contributed by atoms with Crippen molar-refractivity contribution >= 4 is 17.2 Å². The van der Waals surface area contributed by atoms with E-state index in [2.05, 4.69) is 15.4 Å². The van der Waals surface area contributed by atoms with Gasteiger partial charge in [0.15, 0.2) is 5.69 Å². The molecule has 2 heterocycles. The van der Waals surface area contributed by atoms with Gasteiger partial charge in [-0.2, -0.15) is 18.4 Å². The summed E-state index contributed by atoms with van der Waals surface area (Å²) < 4.78 is 42.1. The summed E-state index contributed by atoms with van der Waals surface area (Å²) in [5.41, 5.74) is -2.95. The minimum absolute atomic E-state index is 0.0396. The minimum atomic E-state index is -4.83. The van der Waals surface area contributed by atoms with Crippen LogP contribution in [0.4, 0.5) is 18.9 Å². The summed E-state index contributed by atoms with van der Waals surface area (Å²) in [6.07, 6.45) is -4.83. The average molecular weight is 437 g/mol. The van der Waals surface area contributed by atoms with Crippen LogP contribution in [0.25, 0.3) is 16.9 Å². The molecule has 160 valence electrons. The molecule has 4 aromatic rings. The molecule has 0 aliphatic heterocycles. The topological polar surface area (TPSA) is 103 Å². The highest BCUT2D eigenvalue weighted by molar-refractivity contribution is 6.06. The average Bonchev–Trinajstić information content (AvgIpc) is 3.15. The van der Waals surface area contributed by atoms with Gasteiger partial charge < -0.3 is 5.32 Å². The lowest BCUT2D eigenvalue weighted by molar-refractivity contribution is -0.140. The summed E-state index contributed by atoms with van der Waals surface area (Å²) in [6.45, 7) is 1.40. The zero-order chi connectivity index (χ0) is 23.0. The molecule has 0 saturated carbocycles. The van der Waals surface area contributed by atoms with Gasteiger partial charge in [0, 0.05) is 11.3 Å². The summed E-state index contributed by atoms with van der Waals surface area (Å²) >= 11 is 0. The fourth-order valence-corrected chi connectivity index (χ4v) is 3.39. The van der Waals surface area contributed by atoms with E-state index in [-0.39, 0.29) is 28.2 Å². The van der Waals surface area contributed by atoms with Crippen LogP contribution in [0.2, 0.25) is 0 Å². The number of carbonyl (C=O) groups is 1. The SMILES string of the molecule is Cc1[nH]n2c(-c3ccccc3)c(C(F)(F)F)nc2c(=O)c1C(=O)Nc1ccccc1C#N. The number of hydrogen-bond acceptors (Lipinski definition) is 4. The number of rotatable bonds is 3. The van der Waals surface area contributed by atoms with Crippen LogP contribution in [0, 0.1) is 18.3 Å². The van der Waals surface area contributed by atoms with E-state index < -0.39 is 34.4 Å². The van der Waals surface area contributed by atoms with Crippen LogP contribution in [0.1, 0.15) is 27.3 Å². The number of anilines is 1. The van der Waals surface area contributed by atoms with Crippen LogP contribution in [-0.4, -0.2) is 20.5 Å². The molecule has 4 rings (SSSR count). The van der Waals surface area contributed by atoms with Gasteiger partial charge in [-0.25, -0.2) is 9.50 Å². The first-order chi connectivity index (χ1) is 15.2. The summed E-state index contributed by atoms with van der Waals surface area (Å²) in [6, 6.07) is 15.8. The van der Waals surface area contributed by atoms with Gasteiger partial charge in [-0.05, 0) is 19.1 Å². The molecule has 0 aliphatic carbocycles. The minimum Gasteiger partial charge on any atom is -0.321 e. The Balaban J connectivity index is 1.92. The maximum absolute atomic E-state index is 13.7. The summed E-state index contributed by atoms with van der Waals surface area (Å²) in [7, 11) is 0. The smallest absolute Gasteiger partial charge is 0.321 e. The van der Waals surface area contributed by atoms with Crippen molar-refractivity contribution in [1.29, 1.82) is 5.26 Å². The van der Waals surface area contributed by atoms with Crippen molar-refractivity contribution in [3.8, 4) is 17.3 Å². The first kappa shape index (κ1) is 20.9. The Morgan fingerprint density at radius 1 is 1.12 bits per heavy atom. The van der Waals surface area contributed by atoms with E-state index in [0.717, 1.165) is 4.52 Å². The summed E-state index contributed by atoms with van der Waals surface area (Å²) in [5.74, 6) is -0.869. The predicted molar refractivity (Wildman–Crippen MR) is 110 cm³/mol. The Labute approximate surface area is 178 Å². The van der Waals surface area contributed by atoms with Crippen molar-refractivity contribution in [2.24, 2.45) is 0 Å². The van der Waals surface area contributed by atoms with Crippen molar-refractivity contribution < 1.29 is 18.0 Å². The fraction of sp³-hybridized carbons (Fsp3) is 0.0909. The molecule has 0 spiro atoms. The molecule has 1 amide bonds. The first-order valence-corrected chi connectivity index (χ1v) is 9.30. The highest BCUT2D eigenvalue weighted by Crippen LogP contribution is 2.36. The standard InChI is InChI=1S/C22H14F3N5O2/c1-12-16(21(32)27-15-10-6-5-9-14(15)11-26)18(31)20-28-19(22(23,24)25)17(30(20)29-12)13-7-3-2-4-8-13/h2-10,29H,1H3,(H,27,32). The molecule has 7 nitrogen and oxygen atoms in total. The second kappa shape index (κ2) is 7.70. The highest BCUT2D eigenvalue weighted by atomic mass is 19.4. The number of halogens is 3. The number of aryl methyl sites for hydroxylation is 1. The van der Waals surface area contributed by atoms with Gasteiger partial charge in [-0.1, -0.05) is 42.5 Å². The van der Waals surface area contributed by atoms with Crippen LogP contribution in [0.15, 0.2) is 59.4 Å². The van der Waals surface area contributed by atoms with Crippen LogP contribution in [0.5, 0.6) is 0 Å². The number of para-hydroxylation sites is 1. The van der Waals surface area contributed by atoms with E-state index in [0.29, 0.717) is 0 Å². The lowest BCUT2D eigenvalue weighted by Crippen LogP contribution is -2.26. The Kier molecular flexibility index (Phi) is 5.02. The maximum Gasteiger partial charge on any atom is 0.435 e. The maximum atomic E-state index is 13.7. The van der Waals surface area contributed by atoms with Gasteiger partial charge in [0.1, 0.15) is 17.3 Å². The van der Waals surface area contributed by atoms with Crippen molar-refractivity contribution in [2.75, 3.05) is 5.32 Å². The number of imidazole rings is 1. The number of hydrogen-bond donors (Lipinski definition) is 2. The fourth-order valence-electron chi connectivity index (χ4n) is 3.39. The van der Waals surface area contributed by atoms with Gasteiger partial charge in [0.2, 0.25) is 11.1 Å². The Morgan fingerprint density at radius 3 is 2.44 bits per heavy atom. The number of amides is 1. The second-order valence-electron chi connectivity index (χ2n) is 6.88. The molecule has 32 heavy (non-hydrogen) atoms. The molecule has 0 unspecified atom stereocenters. The monoisotopic (exact) mass is 437 g/mol. The molecule has 0 fully saturated rings. The van der Waals surface area contributed by atoms with Crippen LogP contribution in [0.3, 0.4) is 0 Å². The number of carbonyl (C=O) groups excluding carboxylic acids is 1. The highest BCUT2D eigenvalue weighted by Gasteiger charge is 2.39. The van der Waals surface area contributed by atoms with Crippen LogP contribution < -0.4 is 10.7 Å². The van der Waals surface area contributed by atoms with Gasteiger partial charge >= 0.3 is 6.18 Å². The van der Waals surface area contributed by atoms with Crippen LogP contribution in [-0.2, 0) is 6.18 Å². The molecule has 0 aliphatic rings. The van der Waals surface area contributed by atoms with Gasteiger partial charge in [-0.15, -0.1) is 0 Å². The molecule has 2 aromatic heterocycles. The molecule has 2 N–H and O–H groups in total. The zero-order valence-electron chi connectivity index (χ0n) is 16.5. The van der Waals surface area contributed by atoms with E-state index in [9.17, 15) is 28.0 Å². The van der Waals surface area contributed by atoms with E-state index in [1.165, 1.54) is 31.2 Å². The number of benzene rings is 2. The van der Waals surface area contributed by atoms with Crippen molar-refractivity contribution in [3.05, 3.63) is 87.3 Å². The number of nitriles is 1. The molecule has 0 saturated heterocycles. The molecule has 0 bridgehead atoms. The van der Waals surface area contributed by atoms with Gasteiger partial charge in [0.25, 0.3) is 5.91 Å². The summed E-state index contributed by atoms with van der Waals surface area (Å²) in [4.78, 5) is 29.4. The first-order valence-electron chi connectivity index (χ1n) is 9.30. The molecule has 0 atom stereocenters. The Morgan fingerprint density at radius 2 is 1.78 bits per heavy atom. The number of H-pyrrole nitrogens is 1. The van der Waals surface area contributed by atoms with Crippen molar-refractivity contribution in [3.63, 3.8) is 0 Å². The molecular formula is C22H14F3N5O2.